The van der Waals surface area contributed by atoms with Crippen molar-refractivity contribution in [3.05, 3.63) is 36.3 Å². The number of pyridine rings is 1. The molecule has 0 unspecified atom stereocenters. The highest BCUT2D eigenvalue weighted by atomic mass is 15.3. The van der Waals surface area contributed by atoms with E-state index in [-0.39, 0.29) is 0 Å². The van der Waals surface area contributed by atoms with Crippen molar-refractivity contribution in [3.63, 3.8) is 0 Å². The molecular weight excluding hydrogens is 178 g/mol. The summed E-state index contributed by atoms with van der Waals surface area (Å²) in [6.45, 7) is 0. The maximum absolute atomic E-state index is 8.84. The van der Waals surface area contributed by atoms with Crippen LogP contribution in [0.1, 0.15) is 5.56 Å². The van der Waals surface area contributed by atoms with Gasteiger partial charge in [-0.05, 0) is 6.07 Å². The van der Waals surface area contributed by atoms with Gasteiger partial charge in [-0.15, -0.1) is 0 Å². The summed E-state index contributed by atoms with van der Waals surface area (Å²) in [5, 5.41) is 12.8. The molecule has 0 aliphatic carbocycles. The Balaban J connectivity index is 2.57. The highest BCUT2D eigenvalue weighted by Crippen LogP contribution is 2.11. The van der Waals surface area contributed by atoms with Crippen molar-refractivity contribution >= 4 is 5.82 Å². The quantitative estimate of drug-likeness (QED) is 0.709. The van der Waals surface area contributed by atoms with Gasteiger partial charge in [-0.1, -0.05) is 0 Å². The second-order valence-electron chi connectivity index (χ2n) is 2.69. The standard InChI is InChI=1S/C9H7N5/c10-5-7-1-3-12-6-8(7)14-4-2-9(11)13-14/h1-4,6H,(H2,11,13). The van der Waals surface area contributed by atoms with Gasteiger partial charge in [0.25, 0.3) is 0 Å². The summed E-state index contributed by atoms with van der Waals surface area (Å²) < 4.78 is 1.53. The van der Waals surface area contributed by atoms with E-state index in [9.17, 15) is 0 Å². The Bertz CT molecular complexity index is 494. The molecule has 5 nitrogen and oxygen atoms in total. The van der Waals surface area contributed by atoms with Crippen molar-refractivity contribution in [3.8, 4) is 11.8 Å². The minimum atomic E-state index is 0.415. The SMILES string of the molecule is N#Cc1ccncc1-n1ccc(N)n1. The van der Waals surface area contributed by atoms with Crippen molar-refractivity contribution < 1.29 is 0 Å². The maximum atomic E-state index is 8.84. The number of hydrogen-bond acceptors (Lipinski definition) is 4. The molecule has 0 amide bonds. The van der Waals surface area contributed by atoms with E-state index in [0.29, 0.717) is 17.1 Å². The van der Waals surface area contributed by atoms with Gasteiger partial charge < -0.3 is 5.73 Å². The number of aromatic nitrogens is 3. The zero-order valence-electron chi connectivity index (χ0n) is 7.25. The van der Waals surface area contributed by atoms with Crippen LogP contribution in [0, 0.1) is 11.3 Å². The molecule has 2 aromatic heterocycles. The lowest BCUT2D eigenvalue weighted by atomic mass is 10.2. The van der Waals surface area contributed by atoms with E-state index in [0.717, 1.165) is 0 Å². The first kappa shape index (κ1) is 8.26. The van der Waals surface area contributed by atoms with E-state index < -0.39 is 0 Å². The lowest BCUT2D eigenvalue weighted by Crippen LogP contribution is -1.99. The molecule has 0 spiro atoms. The molecule has 2 aromatic rings. The average Bonchev–Trinajstić information content (AvgIpc) is 2.65. The van der Waals surface area contributed by atoms with Crippen LogP contribution < -0.4 is 5.73 Å². The molecule has 0 aromatic carbocycles. The van der Waals surface area contributed by atoms with Gasteiger partial charge in [-0.2, -0.15) is 10.4 Å². The van der Waals surface area contributed by atoms with E-state index >= 15 is 0 Å². The number of nitriles is 1. The van der Waals surface area contributed by atoms with E-state index in [1.807, 2.05) is 0 Å². The number of hydrogen-bond donors (Lipinski definition) is 1. The van der Waals surface area contributed by atoms with Crippen LogP contribution in [0.5, 0.6) is 0 Å². The summed E-state index contributed by atoms with van der Waals surface area (Å²) >= 11 is 0. The lowest BCUT2D eigenvalue weighted by molar-refractivity contribution is 0.875. The Morgan fingerprint density at radius 3 is 2.93 bits per heavy atom. The van der Waals surface area contributed by atoms with Crippen LogP contribution in [0.2, 0.25) is 0 Å². The molecule has 0 aliphatic rings. The van der Waals surface area contributed by atoms with Crippen LogP contribution in [0.4, 0.5) is 5.82 Å². The minimum Gasteiger partial charge on any atom is -0.382 e. The second kappa shape index (κ2) is 3.18. The van der Waals surface area contributed by atoms with Crippen LogP contribution in [-0.2, 0) is 0 Å². The van der Waals surface area contributed by atoms with Gasteiger partial charge in [-0.25, -0.2) is 4.68 Å². The number of nitrogen functional groups attached to an aromatic ring is 1. The normalized spacial score (nSPS) is 9.64. The predicted molar refractivity (Wildman–Crippen MR) is 50.5 cm³/mol. The molecule has 0 fully saturated rings. The van der Waals surface area contributed by atoms with Crippen LogP contribution in [0.25, 0.3) is 5.69 Å². The Kier molecular flexibility index (Phi) is 1.88. The first-order chi connectivity index (χ1) is 6.81. The Morgan fingerprint density at radius 1 is 1.43 bits per heavy atom. The van der Waals surface area contributed by atoms with Gasteiger partial charge in [0.1, 0.15) is 17.6 Å². The van der Waals surface area contributed by atoms with E-state index in [1.165, 1.54) is 4.68 Å². The molecule has 0 saturated heterocycles. The first-order valence-electron chi connectivity index (χ1n) is 3.97. The Morgan fingerprint density at radius 2 is 2.29 bits per heavy atom. The first-order valence-corrected chi connectivity index (χ1v) is 3.97. The zero-order valence-corrected chi connectivity index (χ0v) is 7.25. The molecule has 2 N–H and O–H groups in total. The number of nitrogens with two attached hydrogens (primary N) is 1. The lowest BCUT2D eigenvalue weighted by Gasteiger charge is -2.01. The zero-order chi connectivity index (χ0) is 9.97. The average molecular weight is 185 g/mol. The largest absolute Gasteiger partial charge is 0.382 e. The molecule has 0 saturated carbocycles. The second-order valence-corrected chi connectivity index (χ2v) is 2.69. The molecule has 2 heterocycles. The third-order valence-corrected chi connectivity index (χ3v) is 1.78. The molecule has 0 radical (unpaired) electrons. The smallest absolute Gasteiger partial charge is 0.145 e. The fourth-order valence-electron chi connectivity index (χ4n) is 1.14. The highest BCUT2D eigenvalue weighted by Gasteiger charge is 2.04. The summed E-state index contributed by atoms with van der Waals surface area (Å²) in [5.41, 5.74) is 6.62. The van der Waals surface area contributed by atoms with E-state index in [2.05, 4.69) is 16.2 Å². The molecule has 0 atom stereocenters. The molecule has 5 heteroatoms. The van der Waals surface area contributed by atoms with Gasteiger partial charge in [0.15, 0.2) is 0 Å². The fourth-order valence-corrected chi connectivity index (χ4v) is 1.14. The Labute approximate surface area is 80.4 Å². The number of anilines is 1. The molecule has 14 heavy (non-hydrogen) atoms. The van der Waals surface area contributed by atoms with Gasteiger partial charge in [0.2, 0.25) is 0 Å². The van der Waals surface area contributed by atoms with Gasteiger partial charge >= 0.3 is 0 Å². The monoisotopic (exact) mass is 185 g/mol. The molecule has 0 bridgehead atoms. The number of rotatable bonds is 1. The molecule has 2 rings (SSSR count). The molecule has 68 valence electrons. The molecular formula is C9H7N5. The van der Waals surface area contributed by atoms with Crippen molar-refractivity contribution in [2.45, 2.75) is 0 Å². The summed E-state index contributed by atoms with van der Waals surface area (Å²) in [5.74, 6) is 0.415. The van der Waals surface area contributed by atoms with Crippen molar-refractivity contribution in [1.29, 1.82) is 5.26 Å². The topological polar surface area (TPSA) is 80.5 Å². The predicted octanol–water partition coefficient (Wildman–Crippen LogP) is 0.721. The van der Waals surface area contributed by atoms with Crippen LogP contribution in [-0.4, -0.2) is 14.8 Å². The van der Waals surface area contributed by atoms with E-state index in [1.54, 1.807) is 30.7 Å². The van der Waals surface area contributed by atoms with Gasteiger partial charge in [0, 0.05) is 18.5 Å². The maximum Gasteiger partial charge on any atom is 0.145 e. The van der Waals surface area contributed by atoms with Gasteiger partial charge in [0.05, 0.1) is 11.8 Å². The fraction of sp³-hybridized carbons (Fsp3) is 0. The van der Waals surface area contributed by atoms with Crippen molar-refractivity contribution in [2.75, 3.05) is 5.73 Å². The van der Waals surface area contributed by atoms with Crippen molar-refractivity contribution in [2.24, 2.45) is 0 Å². The van der Waals surface area contributed by atoms with Gasteiger partial charge in [-0.3, -0.25) is 4.98 Å². The summed E-state index contributed by atoms with van der Waals surface area (Å²) in [7, 11) is 0. The molecule has 0 aliphatic heterocycles. The third kappa shape index (κ3) is 1.29. The van der Waals surface area contributed by atoms with Crippen LogP contribution >= 0.6 is 0 Å². The van der Waals surface area contributed by atoms with Crippen LogP contribution in [0.15, 0.2) is 30.7 Å². The summed E-state index contributed by atoms with van der Waals surface area (Å²) in [6.07, 6.45) is 4.83. The third-order valence-electron chi connectivity index (χ3n) is 1.78. The Hall–Kier alpha value is -2.35. The highest BCUT2D eigenvalue weighted by molar-refractivity contribution is 5.46. The van der Waals surface area contributed by atoms with Crippen LogP contribution in [0.3, 0.4) is 0 Å². The number of nitrogens with zero attached hydrogens (tertiary/aromatic N) is 4. The van der Waals surface area contributed by atoms with Crippen molar-refractivity contribution in [1.82, 2.24) is 14.8 Å². The van der Waals surface area contributed by atoms with E-state index in [4.69, 9.17) is 11.0 Å². The summed E-state index contributed by atoms with van der Waals surface area (Å²) in [4.78, 5) is 3.93. The minimum absolute atomic E-state index is 0.415. The summed E-state index contributed by atoms with van der Waals surface area (Å²) in [6, 6.07) is 5.35.